The summed E-state index contributed by atoms with van der Waals surface area (Å²) in [4.78, 5) is 22.0. The molecule has 0 saturated carbocycles. The first-order chi connectivity index (χ1) is 12.6. The number of ether oxygens (including phenoxy) is 1. The number of carbonyl (C=O) groups excluding carboxylic acids is 1. The van der Waals surface area contributed by atoms with Crippen molar-refractivity contribution in [2.45, 2.75) is 6.18 Å². The second-order valence-electron chi connectivity index (χ2n) is 5.36. The molecule has 0 radical (unpaired) electrons. The lowest BCUT2D eigenvalue weighted by Gasteiger charge is -2.16. The number of aromatic carboxylic acids is 1. The van der Waals surface area contributed by atoms with Gasteiger partial charge in [0.05, 0.1) is 22.1 Å². The third kappa shape index (κ3) is 5.36. The van der Waals surface area contributed by atoms with Gasteiger partial charge < -0.3 is 20.9 Å². The number of alkyl halides is 3. The van der Waals surface area contributed by atoms with Crippen LogP contribution in [0.15, 0.2) is 40.9 Å². The Morgan fingerprint density at radius 1 is 1.22 bits per heavy atom. The number of benzene rings is 2. The molecule has 0 fully saturated rings. The van der Waals surface area contributed by atoms with Crippen molar-refractivity contribution in [2.75, 3.05) is 13.2 Å². The smallest absolute Gasteiger partial charge is 0.416 e. The van der Waals surface area contributed by atoms with E-state index in [0.717, 1.165) is 12.1 Å². The van der Waals surface area contributed by atoms with Gasteiger partial charge in [-0.25, -0.2) is 9.59 Å². The van der Waals surface area contributed by atoms with Crippen molar-refractivity contribution in [1.29, 1.82) is 0 Å². The van der Waals surface area contributed by atoms with Gasteiger partial charge in [0.15, 0.2) is 0 Å². The Kier molecular flexibility index (Phi) is 6.32. The first-order valence-electron chi connectivity index (χ1n) is 7.50. The van der Waals surface area contributed by atoms with Crippen LogP contribution in [0.5, 0.6) is 5.75 Å². The molecule has 0 spiro atoms. The molecule has 2 rings (SSSR count). The molecule has 2 aromatic carbocycles. The van der Waals surface area contributed by atoms with E-state index in [0.29, 0.717) is 0 Å². The summed E-state index contributed by atoms with van der Waals surface area (Å²) in [6.45, 7) is 0.0321. The lowest BCUT2D eigenvalue weighted by molar-refractivity contribution is -0.137. The Balaban J connectivity index is 2.48. The number of carboxylic acid groups (broad SMARTS) is 1. The maximum atomic E-state index is 13.0. The molecule has 2 amide bonds. The van der Waals surface area contributed by atoms with Crippen molar-refractivity contribution < 1.29 is 32.6 Å². The summed E-state index contributed by atoms with van der Waals surface area (Å²) in [6, 6.07) is 6.20. The van der Waals surface area contributed by atoms with E-state index in [1.165, 1.54) is 24.3 Å². The average molecular weight is 447 g/mol. The lowest BCUT2D eigenvalue weighted by Crippen LogP contribution is -2.32. The molecular weight excluding hydrogens is 433 g/mol. The zero-order valence-corrected chi connectivity index (χ0v) is 15.2. The number of rotatable bonds is 6. The summed E-state index contributed by atoms with van der Waals surface area (Å²) in [7, 11) is 0. The summed E-state index contributed by atoms with van der Waals surface area (Å²) in [6.07, 6.45) is -4.55. The van der Waals surface area contributed by atoms with Gasteiger partial charge in [0.25, 0.3) is 0 Å². The van der Waals surface area contributed by atoms with Crippen molar-refractivity contribution in [3.63, 3.8) is 0 Å². The topological polar surface area (TPSA) is 102 Å². The molecule has 0 bridgehead atoms. The van der Waals surface area contributed by atoms with E-state index in [4.69, 9.17) is 10.5 Å². The molecule has 144 valence electrons. The van der Waals surface area contributed by atoms with Gasteiger partial charge >= 0.3 is 18.2 Å². The Bertz CT molecular complexity index is 872. The molecule has 0 aliphatic rings. The van der Waals surface area contributed by atoms with Crippen LogP contribution >= 0.6 is 15.9 Å². The molecule has 0 heterocycles. The zero-order chi connectivity index (χ0) is 20.2. The van der Waals surface area contributed by atoms with E-state index in [9.17, 15) is 27.9 Å². The van der Waals surface area contributed by atoms with Crippen LogP contribution in [0.1, 0.15) is 15.9 Å². The number of amides is 2. The highest BCUT2D eigenvalue weighted by molar-refractivity contribution is 9.10. The third-order valence-electron chi connectivity index (χ3n) is 3.44. The Hall–Kier alpha value is -2.75. The van der Waals surface area contributed by atoms with Crippen molar-refractivity contribution in [3.8, 4) is 16.9 Å². The van der Waals surface area contributed by atoms with Crippen LogP contribution in [-0.2, 0) is 6.18 Å². The normalized spacial score (nSPS) is 11.1. The Morgan fingerprint density at radius 3 is 2.52 bits per heavy atom. The van der Waals surface area contributed by atoms with Crippen LogP contribution in [0, 0.1) is 0 Å². The fourth-order valence-electron chi connectivity index (χ4n) is 2.27. The molecule has 4 N–H and O–H groups in total. The molecule has 27 heavy (non-hydrogen) atoms. The molecule has 6 nitrogen and oxygen atoms in total. The standard InChI is InChI=1S/C17H14BrF3N2O4/c18-13-8-10(15(24)25)7-12(14(13)27-5-4-23-16(22)26)9-2-1-3-11(6-9)17(19,20)21/h1-3,6-8H,4-5H2,(H,24,25)(H3,22,23,26). The van der Waals surface area contributed by atoms with E-state index >= 15 is 0 Å². The number of primary amides is 1. The van der Waals surface area contributed by atoms with E-state index in [1.807, 2.05) is 0 Å². The van der Waals surface area contributed by atoms with Crippen molar-refractivity contribution in [1.82, 2.24) is 5.32 Å². The van der Waals surface area contributed by atoms with Gasteiger partial charge in [0.1, 0.15) is 12.4 Å². The molecule has 0 aromatic heterocycles. The molecule has 0 aliphatic carbocycles. The van der Waals surface area contributed by atoms with Crippen molar-refractivity contribution in [2.24, 2.45) is 5.73 Å². The Labute approximate surface area is 160 Å². The molecular formula is C17H14BrF3N2O4. The first-order valence-corrected chi connectivity index (χ1v) is 8.29. The van der Waals surface area contributed by atoms with Crippen molar-refractivity contribution in [3.05, 3.63) is 52.0 Å². The zero-order valence-electron chi connectivity index (χ0n) is 13.6. The number of nitrogens with two attached hydrogens (primary N) is 1. The molecule has 0 atom stereocenters. The van der Waals surface area contributed by atoms with E-state index < -0.39 is 23.7 Å². The summed E-state index contributed by atoms with van der Waals surface area (Å²) in [5.41, 5.74) is 4.23. The predicted octanol–water partition coefficient (Wildman–Crippen LogP) is 3.88. The summed E-state index contributed by atoms with van der Waals surface area (Å²) >= 11 is 3.18. The number of carbonyl (C=O) groups is 2. The third-order valence-corrected chi connectivity index (χ3v) is 4.03. The average Bonchev–Trinajstić information content (AvgIpc) is 2.58. The van der Waals surface area contributed by atoms with Gasteiger partial charge in [-0.2, -0.15) is 13.2 Å². The maximum absolute atomic E-state index is 13.0. The number of hydrogen-bond acceptors (Lipinski definition) is 3. The van der Waals surface area contributed by atoms with Crippen molar-refractivity contribution >= 4 is 27.9 Å². The Morgan fingerprint density at radius 2 is 1.93 bits per heavy atom. The molecule has 0 saturated heterocycles. The minimum atomic E-state index is -4.55. The van der Waals surface area contributed by atoms with Crippen LogP contribution in [0.3, 0.4) is 0 Å². The summed E-state index contributed by atoms with van der Waals surface area (Å²) in [5.74, 6) is -1.10. The minimum Gasteiger partial charge on any atom is -0.490 e. The highest BCUT2D eigenvalue weighted by Gasteiger charge is 2.30. The highest BCUT2D eigenvalue weighted by Crippen LogP contribution is 2.40. The van der Waals surface area contributed by atoms with Crippen LogP contribution in [0.2, 0.25) is 0 Å². The van der Waals surface area contributed by atoms with Crippen LogP contribution in [0.4, 0.5) is 18.0 Å². The van der Waals surface area contributed by atoms with E-state index in [-0.39, 0.29) is 40.1 Å². The fourth-order valence-corrected chi connectivity index (χ4v) is 2.84. The van der Waals surface area contributed by atoms with E-state index in [2.05, 4.69) is 21.2 Å². The van der Waals surface area contributed by atoms with E-state index in [1.54, 1.807) is 0 Å². The SMILES string of the molecule is NC(=O)NCCOc1c(Br)cc(C(=O)O)cc1-c1cccc(C(F)(F)F)c1. The van der Waals surface area contributed by atoms with Gasteiger partial charge in [-0.05, 0) is 45.8 Å². The van der Waals surface area contributed by atoms with Crippen LogP contribution in [-0.4, -0.2) is 30.3 Å². The second-order valence-corrected chi connectivity index (χ2v) is 6.21. The fraction of sp³-hybridized carbons (Fsp3) is 0.176. The first kappa shape index (κ1) is 20.6. The number of carboxylic acids is 1. The summed E-state index contributed by atoms with van der Waals surface area (Å²) in [5, 5.41) is 11.5. The lowest BCUT2D eigenvalue weighted by atomic mass is 9.99. The van der Waals surface area contributed by atoms with Crippen LogP contribution < -0.4 is 15.8 Å². The summed E-state index contributed by atoms with van der Waals surface area (Å²) < 4.78 is 44.8. The van der Waals surface area contributed by atoms with Gasteiger partial charge in [-0.3, -0.25) is 0 Å². The second kappa shape index (κ2) is 8.30. The number of urea groups is 1. The molecule has 10 heteroatoms. The number of nitrogens with one attached hydrogen (secondary N) is 1. The largest absolute Gasteiger partial charge is 0.490 e. The number of hydrogen-bond donors (Lipinski definition) is 3. The van der Waals surface area contributed by atoms with Gasteiger partial charge in [-0.15, -0.1) is 0 Å². The van der Waals surface area contributed by atoms with Crippen LogP contribution in [0.25, 0.3) is 11.1 Å². The van der Waals surface area contributed by atoms with Gasteiger partial charge in [-0.1, -0.05) is 12.1 Å². The molecule has 0 unspecified atom stereocenters. The molecule has 2 aromatic rings. The quantitative estimate of drug-likeness (QED) is 0.585. The van der Waals surface area contributed by atoms with Gasteiger partial charge in [0, 0.05) is 5.56 Å². The monoisotopic (exact) mass is 446 g/mol. The predicted molar refractivity (Wildman–Crippen MR) is 94.6 cm³/mol. The number of halogens is 4. The highest BCUT2D eigenvalue weighted by atomic mass is 79.9. The minimum absolute atomic E-state index is 0.0279. The molecule has 0 aliphatic heterocycles. The van der Waals surface area contributed by atoms with Gasteiger partial charge in [0.2, 0.25) is 0 Å². The maximum Gasteiger partial charge on any atom is 0.416 e.